The summed E-state index contributed by atoms with van der Waals surface area (Å²) in [5.74, 6) is -3.36. The van der Waals surface area contributed by atoms with Gasteiger partial charge in [-0.05, 0) is 24.6 Å². The van der Waals surface area contributed by atoms with Crippen molar-refractivity contribution in [2.75, 3.05) is 27.9 Å². The highest BCUT2D eigenvalue weighted by atomic mass is 16.5. The maximum atomic E-state index is 12.5. The number of esters is 3. The second kappa shape index (κ2) is 8.66. The van der Waals surface area contributed by atoms with Gasteiger partial charge in [-0.2, -0.15) is 0 Å². The van der Waals surface area contributed by atoms with E-state index in [1.165, 1.54) is 21.3 Å². The van der Waals surface area contributed by atoms with Crippen molar-refractivity contribution in [1.82, 2.24) is 5.32 Å². The molecule has 0 saturated carbocycles. The van der Waals surface area contributed by atoms with Crippen LogP contribution in [0, 0.1) is 11.8 Å². The third-order valence-electron chi connectivity index (χ3n) is 4.40. The first-order valence-electron chi connectivity index (χ1n) is 8.20. The first kappa shape index (κ1) is 19.7. The van der Waals surface area contributed by atoms with Crippen LogP contribution in [0.5, 0.6) is 5.75 Å². The van der Waals surface area contributed by atoms with Gasteiger partial charge in [-0.1, -0.05) is 12.1 Å². The Balaban J connectivity index is 2.49. The third kappa shape index (κ3) is 3.80. The summed E-state index contributed by atoms with van der Waals surface area (Å²) in [5.41, 5.74) is 0.681. The fourth-order valence-corrected chi connectivity index (χ4v) is 3.24. The van der Waals surface area contributed by atoms with Gasteiger partial charge < -0.3 is 18.9 Å². The molecular weight excluding hydrogens is 342 g/mol. The molecule has 0 radical (unpaired) electrons. The van der Waals surface area contributed by atoms with E-state index in [0.29, 0.717) is 11.3 Å². The van der Waals surface area contributed by atoms with Gasteiger partial charge >= 0.3 is 17.9 Å². The van der Waals surface area contributed by atoms with E-state index >= 15 is 0 Å². The molecule has 8 nitrogen and oxygen atoms in total. The van der Waals surface area contributed by atoms with Crippen molar-refractivity contribution >= 4 is 17.9 Å². The van der Waals surface area contributed by atoms with E-state index in [-0.39, 0.29) is 6.61 Å². The van der Waals surface area contributed by atoms with Gasteiger partial charge in [-0.25, -0.2) is 0 Å². The lowest BCUT2D eigenvalue weighted by atomic mass is 9.84. The molecule has 26 heavy (non-hydrogen) atoms. The van der Waals surface area contributed by atoms with Crippen LogP contribution in [0.15, 0.2) is 24.3 Å². The Morgan fingerprint density at radius 3 is 2.23 bits per heavy atom. The van der Waals surface area contributed by atoms with Crippen LogP contribution in [0.25, 0.3) is 0 Å². The Hall–Kier alpha value is -2.61. The predicted molar refractivity (Wildman–Crippen MR) is 90.3 cm³/mol. The molecule has 0 spiro atoms. The third-order valence-corrected chi connectivity index (χ3v) is 4.40. The van der Waals surface area contributed by atoms with Crippen molar-refractivity contribution in [3.63, 3.8) is 0 Å². The minimum absolute atomic E-state index is 0.150. The molecule has 1 saturated heterocycles. The van der Waals surface area contributed by atoms with Crippen LogP contribution < -0.4 is 10.1 Å². The molecule has 0 aliphatic carbocycles. The van der Waals surface area contributed by atoms with E-state index in [1.807, 2.05) is 0 Å². The Morgan fingerprint density at radius 2 is 1.65 bits per heavy atom. The van der Waals surface area contributed by atoms with Gasteiger partial charge in [0.1, 0.15) is 11.8 Å². The molecule has 1 aromatic carbocycles. The summed E-state index contributed by atoms with van der Waals surface area (Å²) in [6.07, 6.45) is 0. The monoisotopic (exact) mass is 365 g/mol. The molecule has 4 atom stereocenters. The van der Waals surface area contributed by atoms with Crippen LogP contribution in [0.1, 0.15) is 18.5 Å². The molecular formula is C18H23NO7. The highest BCUT2D eigenvalue weighted by Gasteiger charge is 2.55. The number of hydrogen-bond donors (Lipinski definition) is 1. The van der Waals surface area contributed by atoms with Crippen LogP contribution in [0.3, 0.4) is 0 Å². The normalized spacial score (nSPS) is 24.6. The Kier molecular flexibility index (Phi) is 6.57. The highest BCUT2D eigenvalue weighted by Crippen LogP contribution is 2.40. The maximum absolute atomic E-state index is 12.5. The van der Waals surface area contributed by atoms with E-state index in [4.69, 9.17) is 18.9 Å². The van der Waals surface area contributed by atoms with Gasteiger partial charge in [0, 0.05) is 6.04 Å². The second-order valence-electron chi connectivity index (χ2n) is 5.75. The maximum Gasteiger partial charge on any atom is 0.324 e. The molecule has 1 aliphatic rings. The number of carbonyl (C=O) groups excluding carboxylic acids is 3. The van der Waals surface area contributed by atoms with Crippen LogP contribution in [0.2, 0.25) is 0 Å². The number of ether oxygens (including phenoxy) is 4. The van der Waals surface area contributed by atoms with Crippen molar-refractivity contribution in [2.45, 2.75) is 19.0 Å². The minimum Gasteiger partial charge on any atom is -0.497 e. The van der Waals surface area contributed by atoms with Gasteiger partial charge in [0.05, 0.1) is 39.8 Å². The second-order valence-corrected chi connectivity index (χ2v) is 5.75. The first-order chi connectivity index (χ1) is 12.5. The van der Waals surface area contributed by atoms with Gasteiger partial charge in [0.2, 0.25) is 0 Å². The Labute approximate surface area is 151 Å². The van der Waals surface area contributed by atoms with Crippen molar-refractivity contribution in [1.29, 1.82) is 0 Å². The van der Waals surface area contributed by atoms with Crippen molar-refractivity contribution in [2.24, 2.45) is 11.8 Å². The predicted octanol–water partition coefficient (Wildman–Crippen LogP) is 0.850. The lowest BCUT2D eigenvalue weighted by Crippen LogP contribution is -2.42. The van der Waals surface area contributed by atoms with E-state index < -0.39 is 41.8 Å². The van der Waals surface area contributed by atoms with E-state index in [9.17, 15) is 14.4 Å². The molecule has 1 heterocycles. The van der Waals surface area contributed by atoms with Crippen LogP contribution >= 0.6 is 0 Å². The standard InChI is InChI=1S/C18H23NO7/c1-5-26-18(22)15-13(17(21)25-4)12(16(20)24-3)14(19-15)10-7-6-8-11(9-10)23-2/h6-9,12-15,19H,5H2,1-4H3/t12-,13+,14-,15-/m1/s1. The van der Waals surface area contributed by atoms with Gasteiger partial charge in [-0.3, -0.25) is 19.7 Å². The number of benzene rings is 1. The number of hydrogen-bond acceptors (Lipinski definition) is 8. The zero-order chi connectivity index (χ0) is 19.3. The molecule has 142 valence electrons. The van der Waals surface area contributed by atoms with E-state index in [1.54, 1.807) is 31.2 Å². The van der Waals surface area contributed by atoms with Crippen LogP contribution in [-0.2, 0) is 28.6 Å². The Morgan fingerprint density at radius 1 is 1.00 bits per heavy atom. The fourth-order valence-electron chi connectivity index (χ4n) is 3.24. The smallest absolute Gasteiger partial charge is 0.324 e. The van der Waals surface area contributed by atoms with Crippen LogP contribution in [-0.4, -0.2) is 51.9 Å². The minimum atomic E-state index is -1.07. The molecule has 0 aromatic heterocycles. The summed E-state index contributed by atoms with van der Waals surface area (Å²) >= 11 is 0. The molecule has 8 heteroatoms. The average Bonchev–Trinajstić information content (AvgIpc) is 3.07. The van der Waals surface area contributed by atoms with Gasteiger partial charge in [0.15, 0.2) is 0 Å². The largest absolute Gasteiger partial charge is 0.497 e. The summed E-state index contributed by atoms with van der Waals surface area (Å²) in [6, 6.07) is 5.35. The summed E-state index contributed by atoms with van der Waals surface area (Å²) < 4.78 is 20.0. The fraction of sp³-hybridized carbons (Fsp3) is 0.500. The molecule has 2 rings (SSSR count). The Bertz CT molecular complexity index is 675. The van der Waals surface area contributed by atoms with E-state index in [2.05, 4.69) is 5.32 Å². The molecule has 1 N–H and O–H groups in total. The number of rotatable bonds is 6. The van der Waals surface area contributed by atoms with Crippen molar-refractivity contribution < 1.29 is 33.3 Å². The SMILES string of the molecule is CCOC(=O)[C@@H]1N[C@H](c2cccc(OC)c2)[C@H](C(=O)OC)[C@@H]1C(=O)OC. The topological polar surface area (TPSA) is 100 Å². The number of methoxy groups -OCH3 is 3. The summed E-state index contributed by atoms with van der Waals surface area (Å²) in [7, 11) is 3.96. The lowest BCUT2D eigenvalue weighted by Gasteiger charge is -2.21. The van der Waals surface area contributed by atoms with Crippen molar-refractivity contribution in [3.05, 3.63) is 29.8 Å². The zero-order valence-electron chi connectivity index (χ0n) is 15.2. The molecule has 0 unspecified atom stereocenters. The molecule has 0 bridgehead atoms. The molecule has 1 aromatic rings. The summed E-state index contributed by atoms with van der Waals surface area (Å²) in [4.78, 5) is 37.2. The zero-order valence-corrected chi connectivity index (χ0v) is 15.2. The van der Waals surface area contributed by atoms with E-state index in [0.717, 1.165) is 0 Å². The first-order valence-corrected chi connectivity index (χ1v) is 8.20. The molecule has 1 fully saturated rings. The van der Waals surface area contributed by atoms with Crippen molar-refractivity contribution in [3.8, 4) is 5.75 Å². The molecule has 1 aliphatic heterocycles. The quantitative estimate of drug-likeness (QED) is 0.585. The van der Waals surface area contributed by atoms with Crippen LogP contribution in [0.4, 0.5) is 0 Å². The average molecular weight is 365 g/mol. The lowest BCUT2D eigenvalue weighted by molar-refractivity contribution is -0.160. The van der Waals surface area contributed by atoms with Gasteiger partial charge in [0.25, 0.3) is 0 Å². The molecule has 0 amide bonds. The highest BCUT2D eigenvalue weighted by molar-refractivity contribution is 5.91. The summed E-state index contributed by atoms with van der Waals surface area (Å²) in [6.45, 7) is 1.81. The van der Waals surface area contributed by atoms with Gasteiger partial charge in [-0.15, -0.1) is 0 Å². The number of nitrogens with one attached hydrogen (secondary N) is 1. The summed E-state index contributed by atoms with van der Waals surface area (Å²) in [5, 5.41) is 3.04. The number of carbonyl (C=O) groups is 3.